The molecule has 1 amide bonds. The summed E-state index contributed by atoms with van der Waals surface area (Å²) in [7, 11) is 0. The summed E-state index contributed by atoms with van der Waals surface area (Å²) in [5, 5.41) is 25.6. The normalized spacial score (nSPS) is 12.8. The molecule has 0 aliphatic rings. The van der Waals surface area contributed by atoms with E-state index >= 15 is 0 Å². The molecule has 7 heteroatoms. The smallest absolute Gasteiger partial charge is 0.247 e. The second-order valence-electron chi connectivity index (χ2n) is 8.63. The zero-order valence-electron chi connectivity index (χ0n) is 18.7. The van der Waals surface area contributed by atoms with Crippen LogP contribution in [0.4, 0.5) is 5.69 Å². The number of amides is 1. The van der Waals surface area contributed by atoms with Crippen molar-refractivity contribution in [2.75, 3.05) is 5.32 Å². The number of hydrogen-bond acceptors (Lipinski definition) is 4. The Labute approximate surface area is 196 Å². The molecule has 33 heavy (non-hydrogen) atoms. The van der Waals surface area contributed by atoms with Gasteiger partial charge >= 0.3 is 0 Å². The van der Waals surface area contributed by atoms with Gasteiger partial charge < -0.3 is 26.2 Å². The van der Waals surface area contributed by atoms with Crippen molar-refractivity contribution >= 4 is 45.0 Å². The van der Waals surface area contributed by atoms with E-state index in [2.05, 4.69) is 16.9 Å². The van der Waals surface area contributed by atoms with Gasteiger partial charge in [-0.25, -0.2) is 0 Å². The van der Waals surface area contributed by atoms with Crippen LogP contribution in [0.25, 0.3) is 32.9 Å². The topological polar surface area (TPSA) is 111 Å². The second-order valence-corrected chi connectivity index (χ2v) is 9.04. The standard InChI is InChI=1S/C26H26ClN3O3/c1-5-21(31)29-19-8-6-7-15(13(19)2)22-18(27)12-17(25(28)32)24-23(22)16-10-9-14(26(3,4)33)11-20(16)30-24/h5-12,25,30,32-33H,1,28H2,2-4H3,(H,29,31). The molecule has 0 saturated heterocycles. The molecular formula is C26H26ClN3O3. The summed E-state index contributed by atoms with van der Waals surface area (Å²) < 4.78 is 0. The number of H-pyrrole nitrogens is 1. The second kappa shape index (κ2) is 8.32. The summed E-state index contributed by atoms with van der Waals surface area (Å²) in [5.74, 6) is -0.306. The zero-order chi connectivity index (χ0) is 24.1. The molecule has 170 valence electrons. The Morgan fingerprint density at radius 3 is 2.64 bits per heavy atom. The lowest BCUT2D eigenvalue weighted by Gasteiger charge is -2.18. The van der Waals surface area contributed by atoms with Gasteiger partial charge in [0.2, 0.25) is 5.91 Å². The van der Waals surface area contributed by atoms with Gasteiger partial charge in [0.15, 0.2) is 0 Å². The van der Waals surface area contributed by atoms with E-state index in [4.69, 9.17) is 17.3 Å². The molecule has 0 bridgehead atoms. The molecule has 6 N–H and O–H groups in total. The summed E-state index contributed by atoms with van der Waals surface area (Å²) in [6.07, 6.45) is -0.0191. The van der Waals surface area contributed by atoms with E-state index in [-0.39, 0.29) is 5.91 Å². The number of nitrogens with one attached hydrogen (secondary N) is 2. The Morgan fingerprint density at radius 1 is 1.27 bits per heavy atom. The van der Waals surface area contributed by atoms with Gasteiger partial charge in [-0.1, -0.05) is 42.4 Å². The van der Waals surface area contributed by atoms with Gasteiger partial charge in [-0.2, -0.15) is 0 Å². The lowest BCUT2D eigenvalue weighted by molar-refractivity contribution is -0.111. The van der Waals surface area contributed by atoms with Crippen molar-refractivity contribution in [3.8, 4) is 11.1 Å². The lowest BCUT2D eigenvalue weighted by atomic mass is 9.92. The number of carbonyl (C=O) groups is 1. The SMILES string of the molecule is C=CC(=O)Nc1cccc(-c2c(Cl)cc(C(N)O)c3[nH]c4cc(C(C)(C)O)ccc4c23)c1C. The van der Waals surface area contributed by atoms with Gasteiger partial charge in [-0.3, -0.25) is 4.79 Å². The molecule has 0 fully saturated rings. The van der Waals surface area contributed by atoms with Crippen LogP contribution in [0.5, 0.6) is 0 Å². The highest BCUT2D eigenvalue weighted by Gasteiger charge is 2.23. The van der Waals surface area contributed by atoms with Crippen molar-refractivity contribution in [3.63, 3.8) is 0 Å². The minimum absolute atomic E-state index is 0.306. The van der Waals surface area contributed by atoms with Crippen molar-refractivity contribution < 1.29 is 15.0 Å². The highest BCUT2D eigenvalue weighted by Crippen LogP contribution is 2.44. The number of benzene rings is 3. The van der Waals surface area contributed by atoms with Crippen LogP contribution in [-0.4, -0.2) is 21.1 Å². The fourth-order valence-electron chi connectivity index (χ4n) is 4.18. The van der Waals surface area contributed by atoms with Crippen molar-refractivity contribution in [2.45, 2.75) is 32.6 Å². The molecule has 0 aliphatic heterocycles. The highest BCUT2D eigenvalue weighted by atomic mass is 35.5. The Kier molecular flexibility index (Phi) is 5.80. The lowest BCUT2D eigenvalue weighted by Crippen LogP contribution is -2.14. The first-order chi connectivity index (χ1) is 15.5. The maximum absolute atomic E-state index is 11.9. The number of aromatic amines is 1. The molecular weight excluding hydrogens is 438 g/mol. The molecule has 0 saturated carbocycles. The number of fused-ring (bicyclic) bond motifs is 3. The number of aliphatic hydroxyl groups is 2. The summed E-state index contributed by atoms with van der Waals surface area (Å²) >= 11 is 6.78. The first kappa shape index (κ1) is 23.0. The minimum Gasteiger partial charge on any atom is -0.386 e. The summed E-state index contributed by atoms with van der Waals surface area (Å²) in [6.45, 7) is 8.86. The van der Waals surface area contributed by atoms with Crippen molar-refractivity contribution in [2.24, 2.45) is 5.73 Å². The van der Waals surface area contributed by atoms with Gasteiger partial charge in [0.1, 0.15) is 6.23 Å². The molecule has 0 spiro atoms. The minimum atomic E-state index is -1.24. The van der Waals surface area contributed by atoms with Crippen LogP contribution in [0.2, 0.25) is 5.02 Å². The number of aromatic nitrogens is 1. The van der Waals surface area contributed by atoms with Crippen LogP contribution in [0.1, 0.15) is 36.8 Å². The Morgan fingerprint density at radius 2 is 2.00 bits per heavy atom. The van der Waals surface area contributed by atoms with E-state index in [1.165, 1.54) is 6.08 Å². The average molecular weight is 464 g/mol. The van der Waals surface area contributed by atoms with Crippen molar-refractivity contribution in [3.05, 3.63) is 76.8 Å². The molecule has 0 radical (unpaired) electrons. The monoisotopic (exact) mass is 463 g/mol. The molecule has 6 nitrogen and oxygen atoms in total. The summed E-state index contributed by atoms with van der Waals surface area (Å²) in [4.78, 5) is 15.3. The molecule has 4 rings (SSSR count). The molecule has 0 aliphatic carbocycles. The maximum atomic E-state index is 11.9. The quantitative estimate of drug-likeness (QED) is 0.205. The van der Waals surface area contributed by atoms with Gasteiger partial charge in [0.25, 0.3) is 0 Å². The predicted molar refractivity (Wildman–Crippen MR) is 134 cm³/mol. The third-order valence-electron chi connectivity index (χ3n) is 5.93. The Bertz CT molecular complexity index is 1410. The first-order valence-electron chi connectivity index (χ1n) is 10.5. The van der Waals surface area contributed by atoms with E-state index < -0.39 is 11.8 Å². The van der Waals surface area contributed by atoms with E-state index in [9.17, 15) is 15.0 Å². The first-order valence-corrected chi connectivity index (χ1v) is 10.9. The van der Waals surface area contributed by atoms with Gasteiger partial charge in [-0.05, 0) is 61.7 Å². The zero-order valence-corrected chi connectivity index (χ0v) is 19.4. The number of nitrogens with two attached hydrogens (primary N) is 1. The third kappa shape index (κ3) is 4.03. The molecule has 1 atom stereocenters. The predicted octanol–water partition coefficient (Wildman–Crippen LogP) is 5.25. The molecule has 1 aromatic heterocycles. The molecule has 3 aromatic carbocycles. The van der Waals surface area contributed by atoms with E-state index in [0.717, 1.165) is 38.5 Å². The van der Waals surface area contributed by atoms with Crippen LogP contribution in [0.3, 0.4) is 0 Å². The number of halogens is 1. The number of rotatable bonds is 5. The largest absolute Gasteiger partial charge is 0.386 e. The van der Waals surface area contributed by atoms with Crippen LogP contribution >= 0.6 is 11.6 Å². The van der Waals surface area contributed by atoms with Crippen molar-refractivity contribution in [1.82, 2.24) is 4.98 Å². The van der Waals surface area contributed by atoms with Crippen LogP contribution in [0.15, 0.2) is 55.1 Å². The van der Waals surface area contributed by atoms with Crippen LogP contribution < -0.4 is 11.1 Å². The molecule has 1 heterocycles. The average Bonchev–Trinajstić information content (AvgIpc) is 3.13. The molecule has 1 unspecified atom stereocenters. The third-order valence-corrected chi connectivity index (χ3v) is 6.23. The fraction of sp³-hybridized carbons (Fsp3) is 0.192. The number of anilines is 1. The van der Waals surface area contributed by atoms with E-state index in [0.29, 0.717) is 21.8 Å². The Hall–Kier alpha value is -3.16. The fourth-order valence-corrected chi connectivity index (χ4v) is 4.49. The number of hydrogen-bond donors (Lipinski definition) is 5. The maximum Gasteiger partial charge on any atom is 0.247 e. The van der Waals surface area contributed by atoms with Gasteiger partial charge in [-0.15, -0.1) is 0 Å². The Balaban J connectivity index is 2.09. The molecule has 4 aromatic rings. The van der Waals surface area contributed by atoms with Gasteiger partial charge in [0, 0.05) is 38.1 Å². The highest BCUT2D eigenvalue weighted by molar-refractivity contribution is 6.36. The van der Waals surface area contributed by atoms with Gasteiger partial charge in [0.05, 0.1) is 11.1 Å². The van der Waals surface area contributed by atoms with Crippen molar-refractivity contribution in [1.29, 1.82) is 0 Å². The van der Waals surface area contributed by atoms with E-state index in [1.54, 1.807) is 19.9 Å². The van der Waals surface area contributed by atoms with Crippen LogP contribution in [-0.2, 0) is 10.4 Å². The number of carbonyl (C=O) groups excluding carboxylic acids is 1. The van der Waals surface area contributed by atoms with Crippen LogP contribution in [0, 0.1) is 6.92 Å². The summed E-state index contributed by atoms with van der Waals surface area (Å²) in [5.41, 5.74) is 10.6. The van der Waals surface area contributed by atoms with E-state index in [1.807, 2.05) is 43.3 Å². The summed E-state index contributed by atoms with van der Waals surface area (Å²) in [6, 6.07) is 12.9. The number of aliphatic hydroxyl groups excluding tert-OH is 1.